The van der Waals surface area contributed by atoms with E-state index in [2.05, 4.69) is 29.1 Å². The van der Waals surface area contributed by atoms with Gasteiger partial charge in [-0.25, -0.2) is 4.98 Å². The number of aromatic amines is 1. The molecule has 0 bridgehead atoms. The Morgan fingerprint density at radius 3 is 2.39 bits per heavy atom. The molecule has 0 aliphatic heterocycles. The lowest BCUT2D eigenvalue weighted by Gasteiger charge is -2.04. The minimum absolute atomic E-state index is 0.0570. The lowest BCUT2D eigenvalue weighted by atomic mass is 10.0. The largest absolute Gasteiger partial charge is 0.328 e. The van der Waals surface area contributed by atoms with Crippen LogP contribution in [0.5, 0.6) is 0 Å². The number of halogens is 2. The zero-order valence-electron chi connectivity index (χ0n) is 13.5. The summed E-state index contributed by atoms with van der Waals surface area (Å²) in [4.78, 5) is 18.9. The molecular weight excluding hydrogens is 333 g/mol. The number of anilines is 1. The van der Waals surface area contributed by atoms with Crippen molar-refractivity contribution in [3.63, 3.8) is 0 Å². The van der Waals surface area contributed by atoms with Crippen molar-refractivity contribution in [2.75, 3.05) is 5.32 Å². The molecule has 1 amide bonds. The molecule has 2 aromatic rings. The number of carbonyl (C=O) groups excluding carboxylic acids is 1. The number of hydrogen-bond acceptors (Lipinski definition) is 2. The summed E-state index contributed by atoms with van der Waals surface area (Å²) >= 11 is 12.3. The summed E-state index contributed by atoms with van der Waals surface area (Å²) in [6, 6.07) is 5.68. The zero-order valence-corrected chi connectivity index (χ0v) is 15.0. The summed E-state index contributed by atoms with van der Waals surface area (Å²) in [5.74, 6) is 0.913. The van der Waals surface area contributed by atoms with Crippen LogP contribution in [0.4, 0.5) is 5.95 Å². The van der Waals surface area contributed by atoms with Crippen LogP contribution in [0.3, 0.4) is 0 Å². The fourth-order valence-electron chi connectivity index (χ4n) is 3.53. The molecule has 2 atom stereocenters. The first-order chi connectivity index (χ1) is 10.7. The number of aromatic nitrogens is 2. The minimum atomic E-state index is -0.140. The second kappa shape index (κ2) is 5.53. The van der Waals surface area contributed by atoms with Gasteiger partial charge in [-0.1, -0.05) is 37.0 Å². The van der Waals surface area contributed by atoms with Crippen LogP contribution in [-0.4, -0.2) is 15.9 Å². The standard InChI is InChI=1S/C17H19Cl2N3O/c1-8-15(22-16(20-8)21-9(2)23)14-13(17(14,3)4)10-5-11(18)7-12(19)6-10/h5-7,13-14H,1-4H3,(H2,20,21,22,23)/t13?,14-/m0/s1. The molecule has 1 aromatic carbocycles. The highest BCUT2D eigenvalue weighted by molar-refractivity contribution is 6.34. The maximum atomic E-state index is 11.2. The van der Waals surface area contributed by atoms with Crippen molar-refractivity contribution in [1.82, 2.24) is 9.97 Å². The van der Waals surface area contributed by atoms with Crippen molar-refractivity contribution in [3.8, 4) is 0 Å². The van der Waals surface area contributed by atoms with E-state index in [0.29, 0.717) is 21.9 Å². The first-order valence-corrected chi connectivity index (χ1v) is 8.26. The van der Waals surface area contributed by atoms with Crippen molar-refractivity contribution < 1.29 is 4.79 Å². The van der Waals surface area contributed by atoms with E-state index < -0.39 is 0 Å². The zero-order chi connectivity index (χ0) is 16.9. The summed E-state index contributed by atoms with van der Waals surface area (Å²) in [6.07, 6.45) is 0. The fraction of sp³-hybridized carbons (Fsp3) is 0.412. The van der Waals surface area contributed by atoms with E-state index in [1.807, 2.05) is 19.1 Å². The smallest absolute Gasteiger partial charge is 0.223 e. The fourth-order valence-corrected chi connectivity index (χ4v) is 4.07. The molecule has 4 nitrogen and oxygen atoms in total. The van der Waals surface area contributed by atoms with E-state index >= 15 is 0 Å². The molecule has 1 heterocycles. The molecule has 1 fully saturated rings. The Hall–Kier alpha value is -1.52. The molecule has 1 unspecified atom stereocenters. The van der Waals surface area contributed by atoms with Crippen LogP contribution in [0.25, 0.3) is 0 Å². The van der Waals surface area contributed by atoms with Crippen LogP contribution in [0.1, 0.15) is 49.6 Å². The second-order valence-corrected chi connectivity index (χ2v) is 7.63. The third-order valence-electron chi connectivity index (χ3n) is 4.58. The Labute approximate surface area is 145 Å². The molecule has 0 radical (unpaired) electrons. The van der Waals surface area contributed by atoms with Gasteiger partial charge in [-0.05, 0) is 42.0 Å². The topological polar surface area (TPSA) is 57.8 Å². The highest BCUT2D eigenvalue weighted by atomic mass is 35.5. The maximum absolute atomic E-state index is 11.2. The molecule has 0 spiro atoms. The van der Waals surface area contributed by atoms with Gasteiger partial charge in [-0.2, -0.15) is 0 Å². The van der Waals surface area contributed by atoms with E-state index in [4.69, 9.17) is 23.2 Å². The van der Waals surface area contributed by atoms with Crippen LogP contribution < -0.4 is 5.32 Å². The maximum Gasteiger partial charge on any atom is 0.223 e. The Balaban J connectivity index is 1.95. The van der Waals surface area contributed by atoms with E-state index in [1.54, 1.807) is 6.07 Å². The van der Waals surface area contributed by atoms with Crippen LogP contribution in [-0.2, 0) is 4.79 Å². The number of nitrogens with zero attached hydrogens (tertiary/aromatic N) is 1. The molecule has 1 aliphatic rings. The van der Waals surface area contributed by atoms with Crippen molar-refractivity contribution in [2.45, 2.75) is 39.5 Å². The predicted octanol–water partition coefficient (Wildman–Crippen LogP) is 4.89. The monoisotopic (exact) mass is 351 g/mol. The molecule has 23 heavy (non-hydrogen) atoms. The number of benzene rings is 1. The number of aryl methyl sites for hydroxylation is 1. The van der Waals surface area contributed by atoms with Crippen LogP contribution >= 0.6 is 23.2 Å². The molecule has 1 saturated carbocycles. The van der Waals surface area contributed by atoms with Crippen LogP contribution in [0.15, 0.2) is 18.2 Å². The van der Waals surface area contributed by atoms with Gasteiger partial charge in [-0.15, -0.1) is 0 Å². The molecule has 1 aromatic heterocycles. The molecule has 122 valence electrons. The summed E-state index contributed by atoms with van der Waals surface area (Å²) in [6.45, 7) is 7.87. The van der Waals surface area contributed by atoms with Crippen molar-refractivity contribution >= 4 is 35.1 Å². The second-order valence-electron chi connectivity index (χ2n) is 6.76. The quantitative estimate of drug-likeness (QED) is 0.826. The summed E-state index contributed by atoms with van der Waals surface area (Å²) in [5.41, 5.74) is 3.14. The lowest BCUT2D eigenvalue weighted by Crippen LogP contribution is -2.07. The van der Waals surface area contributed by atoms with Gasteiger partial charge in [0, 0.05) is 28.6 Å². The van der Waals surface area contributed by atoms with Gasteiger partial charge in [0.25, 0.3) is 0 Å². The molecule has 6 heteroatoms. The van der Waals surface area contributed by atoms with E-state index in [1.165, 1.54) is 6.92 Å². The average molecular weight is 352 g/mol. The first kappa shape index (κ1) is 16.3. The van der Waals surface area contributed by atoms with Gasteiger partial charge in [-0.3, -0.25) is 10.1 Å². The van der Waals surface area contributed by atoms with Gasteiger partial charge >= 0.3 is 0 Å². The summed E-state index contributed by atoms with van der Waals surface area (Å²) in [7, 11) is 0. The van der Waals surface area contributed by atoms with E-state index in [-0.39, 0.29) is 17.2 Å². The first-order valence-electron chi connectivity index (χ1n) is 7.50. The van der Waals surface area contributed by atoms with Crippen molar-refractivity contribution in [2.24, 2.45) is 5.41 Å². The SMILES string of the molecule is CC(=O)Nc1nc([C@@H]2C(c3cc(Cl)cc(Cl)c3)C2(C)C)c(C)[nH]1. The Morgan fingerprint density at radius 2 is 1.83 bits per heavy atom. The molecular formula is C17H19Cl2N3O. The van der Waals surface area contributed by atoms with E-state index in [0.717, 1.165) is 17.0 Å². The number of hydrogen-bond donors (Lipinski definition) is 2. The molecule has 1 aliphatic carbocycles. The van der Waals surface area contributed by atoms with Gasteiger partial charge in [0.05, 0.1) is 5.69 Å². The van der Waals surface area contributed by atoms with E-state index in [9.17, 15) is 4.79 Å². The number of imidazole rings is 1. The number of nitrogens with one attached hydrogen (secondary N) is 2. The van der Waals surface area contributed by atoms with Crippen LogP contribution in [0.2, 0.25) is 10.0 Å². The van der Waals surface area contributed by atoms with Crippen LogP contribution in [0, 0.1) is 12.3 Å². The third kappa shape index (κ3) is 2.98. The van der Waals surface area contributed by atoms with Crippen molar-refractivity contribution in [1.29, 1.82) is 0 Å². The number of carbonyl (C=O) groups is 1. The molecule has 3 rings (SSSR count). The van der Waals surface area contributed by atoms with Gasteiger partial charge in [0.2, 0.25) is 11.9 Å². The van der Waals surface area contributed by atoms with Crippen molar-refractivity contribution in [3.05, 3.63) is 45.2 Å². The minimum Gasteiger partial charge on any atom is -0.328 e. The average Bonchev–Trinajstić information content (AvgIpc) is 2.77. The Kier molecular flexibility index (Phi) is 3.93. The number of H-pyrrole nitrogens is 1. The summed E-state index contributed by atoms with van der Waals surface area (Å²) in [5, 5.41) is 3.99. The molecule has 2 N–H and O–H groups in total. The lowest BCUT2D eigenvalue weighted by molar-refractivity contribution is -0.114. The Morgan fingerprint density at radius 1 is 1.22 bits per heavy atom. The normalized spacial score (nSPS) is 22.0. The predicted molar refractivity (Wildman–Crippen MR) is 93.4 cm³/mol. The van der Waals surface area contributed by atoms with Gasteiger partial charge in [0.1, 0.15) is 0 Å². The summed E-state index contributed by atoms with van der Waals surface area (Å²) < 4.78 is 0. The molecule has 0 saturated heterocycles. The van der Waals surface area contributed by atoms with Gasteiger partial charge in [0.15, 0.2) is 0 Å². The Bertz CT molecular complexity index is 762. The number of rotatable bonds is 3. The van der Waals surface area contributed by atoms with Gasteiger partial charge < -0.3 is 4.98 Å². The number of amides is 1. The highest BCUT2D eigenvalue weighted by Crippen LogP contribution is 2.70. The highest BCUT2D eigenvalue weighted by Gasteiger charge is 2.60. The third-order valence-corrected chi connectivity index (χ3v) is 5.02.